The number of hydrogen-bond acceptors (Lipinski definition) is 4. The number of benzene rings is 1. The molecular formula is C19H24N2O4. The van der Waals surface area contributed by atoms with Gasteiger partial charge in [-0.1, -0.05) is 36.8 Å². The van der Waals surface area contributed by atoms with Crippen LogP contribution in [0.25, 0.3) is 0 Å². The number of rotatable bonds is 5. The summed E-state index contributed by atoms with van der Waals surface area (Å²) < 4.78 is 5.43. The van der Waals surface area contributed by atoms with E-state index in [9.17, 15) is 14.4 Å². The Hall–Kier alpha value is -2.37. The molecular weight excluding hydrogens is 320 g/mol. The van der Waals surface area contributed by atoms with E-state index >= 15 is 0 Å². The van der Waals surface area contributed by atoms with Crippen LogP contribution < -0.4 is 10.6 Å². The molecule has 1 aromatic carbocycles. The lowest BCUT2D eigenvalue weighted by Gasteiger charge is -2.40. The van der Waals surface area contributed by atoms with Crippen molar-refractivity contribution in [1.82, 2.24) is 10.6 Å². The highest BCUT2D eigenvalue weighted by atomic mass is 16.5. The van der Waals surface area contributed by atoms with E-state index in [1.165, 1.54) is 0 Å². The molecule has 1 saturated carbocycles. The fourth-order valence-corrected chi connectivity index (χ4v) is 3.26. The van der Waals surface area contributed by atoms with Crippen LogP contribution in [0.15, 0.2) is 30.3 Å². The maximum atomic E-state index is 12.5. The molecule has 0 radical (unpaired) electrons. The van der Waals surface area contributed by atoms with E-state index in [0.29, 0.717) is 25.7 Å². The van der Waals surface area contributed by atoms with Crippen molar-refractivity contribution in [3.05, 3.63) is 35.9 Å². The zero-order chi connectivity index (χ0) is 17.7. The highest BCUT2D eigenvalue weighted by Crippen LogP contribution is 2.33. The first-order chi connectivity index (χ1) is 12.1. The third-order valence-corrected chi connectivity index (χ3v) is 4.97. The number of carbonyl (C=O) groups excluding carboxylic acids is 3. The van der Waals surface area contributed by atoms with E-state index in [0.717, 1.165) is 24.8 Å². The molecule has 1 saturated heterocycles. The van der Waals surface area contributed by atoms with Crippen LogP contribution in [-0.4, -0.2) is 29.4 Å². The summed E-state index contributed by atoms with van der Waals surface area (Å²) in [7, 11) is 0. The second-order valence-corrected chi connectivity index (χ2v) is 6.85. The standard InChI is InChI=1S/C19H24N2O4/c22-16-10-5-4-9-15(20-16)17(23)21-19(11-6-12-19)18(24)25-13-14-7-2-1-3-8-14/h1-3,7-8,15H,4-6,9-13H2,(H,20,22)(H,21,23)/t15-/m1/s1. The average molecular weight is 344 g/mol. The van der Waals surface area contributed by atoms with E-state index in [-0.39, 0.29) is 18.4 Å². The maximum absolute atomic E-state index is 12.5. The summed E-state index contributed by atoms with van der Waals surface area (Å²) >= 11 is 0. The molecule has 1 heterocycles. The van der Waals surface area contributed by atoms with E-state index in [1.54, 1.807) is 0 Å². The van der Waals surface area contributed by atoms with Crippen LogP contribution in [0.1, 0.15) is 50.5 Å². The van der Waals surface area contributed by atoms with Crippen molar-refractivity contribution in [1.29, 1.82) is 0 Å². The van der Waals surface area contributed by atoms with E-state index in [4.69, 9.17) is 4.74 Å². The predicted molar refractivity (Wildman–Crippen MR) is 91.4 cm³/mol. The van der Waals surface area contributed by atoms with Gasteiger partial charge in [-0.3, -0.25) is 9.59 Å². The van der Waals surface area contributed by atoms with Crippen LogP contribution >= 0.6 is 0 Å². The lowest BCUT2D eigenvalue weighted by atomic mass is 9.76. The Kier molecular flexibility index (Phi) is 5.36. The average Bonchev–Trinajstić information content (AvgIpc) is 2.81. The quantitative estimate of drug-likeness (QED) is 0.798. The largest absolute Gasteiger partial charge is 0.459 e. The Morgan fingerprint density at radius 2 is 1.92 bits per heavy atom. The molecule has 1 aliphatic carbocycles. The minimum atomic E-state index is -0.942. The summed E-state index contributed by atoms with van der Waals surface area (Å²) in [5.41, 5.74) is -0.0317. The van der Waals surface area contributed by atoms with Crippen LogP contribution in [-0.2, 0) is 25.7 Å². The molecule has 6 heteroatoms. The van der Waals surface area contributed by atoms with Crippen molar-refractivity contribution in [2.24, 2.45) is 0 Å². The fourth-order valence-electron chi connectivity index (χ4n) is 3.26. The van der Waals surface area contributed by atoms with Gasteiger partial charge in [-0.2, -0.15) is 0 Å². The number of hydrogen-bond donors (Lipinski definition) is 2. The lowest BCUT2D eigenvalue weighted by Crippen LogP contribution is -2.63. The Morgan fingerprint density at radius 1 is 1.16 bits per heavy atom. The summed E-state index contributed by atoms with van der Waals surface area (Å²) in [6, 6.07) is 8.90. The molecule has 2 amide bonds. The second-order valence-electron chi connectivity index (χ2n) is 6.85. The molecule has 3 rings (SSSR count). The Labute approximate surface area is 147 Å². The molecule has 0 aromatic heterocycles. The van der Waals surface area contributed by atoms with Crippen molar-refractivity contribution in [3.8, 4) is 0 Å². The van der Waals surface area contributed by atoms with Gasteiger partial charge in [0, 0.05) is 6.42 Å². The summed E-state index contributed by atoms with van der Waals surface area (Å²) in [4.78, 5) is 36.8. The smallest absolute Gasteiger partial charge is 0.332 e. The first-order valence-electron chi connectivity index (χ1n) is 8.92. The third-order valence-electron chi connectivity index (χ3n) is 4.97. The maximum Gasteiger partial charge on any atom is 0.332 e. The third kappa shape index (κ3) is 4.18. The minimum absolute atomic E-state index is 0.105. The number of nitrogens with one attached hydrogen (secondary N) is 2. The van der Waals surface area contributed by atoms with Crippen molar-refractivity contribution >= 4 is 17.8 Å². The molecule has 2 fully saturated rings. The van der Waals surface area contributed by atoms with Crippen LogP contribution in [0.4, 0.5) is 0 Å². The molecule has 2 N–H and O–H groups in total. The zero-order valence-electron chi connectivity index (χ0n) is 14.3. The number of esters is 1. The van der Waals surface area contributed by atoms with Crippen LogP contribution in [0.5, 0.6) is 0 Å². The van der Waals surface area contributed by atoms with Gasteiger partial charge >= 0.3 is 5.97 Å². The topological polar surface area (TPSA) is 84.5 Å². The summed E-state index contributed by atoms with van der Waals surface area (Å²) in [5, 5.41) is 5.60. The molecule has 1 aliphatic heterocycles. The highest BCUT2D eigenvalue weighted by Gasteiger charge is 2.47. The molecule has 0 unspecified atom stereocenters. The Balaban J connectivity index is 1.59. The highest BCUT2D eigenvalue weighted by molar-refractivity contribution is 5.93. The zero-order valence-corrected chi connectivity index (χ0v) is 14.3. The van der Waals surface area contributed by atoms with Gasteiger partial charge in [-0.05, 0) is 37.7 Å². The van der Waals surface area contributed by atoms with Gasteiger partial charge in [-0.25, -0.2) is 4.79 Å². The lowest BCUT2D eigenvalue weighted by molar-refractivity contribution is -0.159. The summed E-state index contributed by atoms with van der Waals surface area (Å²) in [5.74, 6) is -0.783. The number of ether oxygens (including phenoxy) is 1. The summed E-state index contributed by atoms with van der Waals surface area (Å²) in [6.45, 7) is 0.192. The first-order valence-corrected chi connectivity index (χ1v) is 8.92. The number of amides is 2. The van der Waals surface area contributed by atoms with Gasteiger partial charge in [0.2, 0.25) is 11.8 Å². The first kappa shape index (κ1) is 17.5. The Bertz CT molecular complexity index is 640. The second kappa shape index (κ2) is 7.68. The molecule has 0 spiro atoms. The normalized spacial score (nSPS) is 22.1. The van der Waals surface area contributed by atoms with Crippen molar-refractivity contribution in [3.63, 3.8) is 0 Å². The van der Waals surface area contributed by atoms with Gasteiger partial charge in [0.05, 0.1) is 0 Å². The molecule has 1 aromatic rings. The minimum Gasteiger partial charge on any atom is -0.459 e. The predicted octanol–water partition coefficient (Wildman–Crippen LogP) is 1.83. The molecule has 6 nitrogen and oxygen atoms in total. The van der Waals surface area contributed by atoms with E-state index in [1.807, 2.05) is 30.3 Å². The molecule has 1 atom stereocenters. The van der Waals surface area contributed by atoms with Gasteiger partial charge < -0.3 is 15.4 Å². The molecule has 134 valence electrons. The molecule has 2 aliphatic rings. The van der Waals surface area contributed by atoms with E-state index < -0.39 is 17.6 Å². The van der Waals surface area contributed by atoms with Crippen molar-refractivity contribution < 1.29 is 19.1 Å². The molecule has 25 heavy (non-hydrogen) atoms. The Morgan fingerprint density at radius 3 is 2.60 bits per heavy atom. The van der Waals surface area contributed by atoms with Gasteiger partial charge in [0.15, 0.2) is 0 Å². The summed E-state index contributed by atoms with van der Waals surface area (Å²) in [6.07, 6.45) is 4.70. The van der Waals surface area contributed by atoms with Gasteiger partial charge in [0.25, 0.3) is 0 Å². The van der Waals surface area contributed by atoms with Crippen LogP contribution in [0.3, 0.4) is 0 Å². The van der Waals surface area contributed by atoms with Crippen molar-refractivity contribution in [2.45, 2.75) is 63.1 Å². The number of carbonyl (C=O) groups is 3. The molecule has 0 bridgehead atoms. The fraction of sp³-hybridized carbons (Fsp3) is 0.526. The monoisotopic (exact) mass is 344 g/mol. The van der Waals surface area contributed by atoms with Crippen LogP contribution in [0, 0.1) is 0 Å². The van der Waals surface area contributed by atoms with Crippen LogP contribution in [0.2, 0.25) is 0 Å². The van der Waals surface area contributed by atoms with Gasteiger partial charge in [-0.15, -0.1) is 0 Å². The SMILES string of the molecule is O=C1CCCC[C@H](C(=O)NC2(C(=O)OCc3ccccc3)CCC2)N1. The van der Waals surface area contributed by atoms with Gasteiger partial charge in [0.1, 0.15) is 18.2 Å². The van der Waals surface area contributed by atoms with E-state index in [2.05, 4.69) is 10.6 Å². The van der Waals surface area contributed by atoms with Crippen molar-refractivity contribution in [2.75, 3.05) is 0 Å².